The Bertz CT molecular complexity index is 703. The van der Waals surface area contributed by atoms with Crippen molar-refractivity contribution < 1.29 is 9.32 Å². The highest BCUT2D eigenvalue weighted by Gasteiger charge is 2.29. The first-order valence-corrected chi connectivity index (χ1v) is 21.0. The van der Waals surface area contributed by atoms with Crippen LogP contribution >= 0.6 is 0 Å². The molecule has 46 heavy (non-hydrogen) atoms. The van der Waals surface area contributed by atoms with Gasteiger partial charge in [0.05, 0.1) is 6.10 Å². The molecule has 0 aliphatic heterocycles. The Morgan fingerprint density at radius 1 is 0.848 bits per heavy atom. The predicted molar refractivity (Wildman–Crippen MR) is 212 cm³/mol. The minimum atomic E-state index is -0.891. The molecule has 0 aromatic heterocycles. The summed E-state index contributed by atoms with van der Waals surface area (Å²) in [6.07, 6.45) is 13.8. The third-order valence-corrected chi connectivity index (χ3v) is 10.3. The van der Waals surface area contributed by atoms with E-state index in [4.69, 9.17) is 0 Å². The number of rotatable bonds is 16. The largest absolute Gasteiger partial charge is 0.392 e. The minimum absolute atomic E-state index is 0.0790. The Morgan fingerprint density at radius 3 is 1.72 bits per heavy atom. The lowest BCUT2D eigenvalue weighted by Gasteiger charge is -2.30. The first kappa shape index (κ1) is 50.0. The van der Waals surface area contributed by atoms with E-state index in [-0.39, 0.29) is 22.8 Å². The molecule has 0 bridgehead atoms. The van der Waals surface area contributed by atoms with Crippen molar-refractivity contribution in [1.82, 2.24) is 10.6 Å². The van der Waals surface area contributed by atoms with Crippen LogP contribution in [0, 0.1) is 35.5 Å². The maximum atomic E-state index is 12.8. The summed E-state index contributed by atoms with van der Waals surface area (Å²) in [5.41, 5.74) is 1.03. The lowest BCUT2D eigenvalue weighted by molar-refractivity contribution is 0.117. The molecule has 4 nitrogen and oxygen atoms in total. The maximum Gasteiger partial charge on any atom is 0.0690 e. The van der Waals surface area contributed by atoms with Crippen molar-refractivity contribution in [1.29, 1.82) is 0 Å². The van der Waals surface area contributed by atoms with Crippen LogP contribution in [0.1, 0.15) is 181 Å². The normalized spacial score (nSPS) is 18.3. The van der Waals surface area contributed by atoms with Gasteiger partial charge in [0.1, 0.15) is 0 Å². The zero-order chi connectivity index (χ0) is 36.5. The summed E-state index contributed by atoms with van der Waals surface area (Å²) in [5, 5.41) is 17.8. The van der Waals surface area contributed by atoms with Crippen molar-refractivity contribution in [2.24, 2.45) is 35.5 Å². The molecule has 2 saturated carbocycles. The van der Waals surface area contributed by atoms with Crippen molar-refractivity contribution in [3.63, 3.8) is 0 Å². The van der Waals surface area contributed by atoms with Crippen molar-refractivity contribution in [2.75, 3.05) is 12.3 Å². The van der Waals surface area contributed by atoms with E-state index in [0.717, 1.165) is 55.7 Å². The van der Waals surface area contributed by atoms with Gasteiger partial charge >= 0.3 is 0 Å². The van der Waals surface area contributed by atoms with Crippen LogP contribution < -0.4 is 10.6 Å². The van der Waals surface area contributed by atoms with Crippen molar-refractivity contribution in [2.45, 2.75) is 204 Å². The van der Waals surface area contributed by atoms with Crippen LogP contribution in [-0.2, 0) is 10.8 Å². The Morgan fingerprint density at radius 2 is 1.35 bits per heavy atom. The molecule has 2 aliphatic carbocycles. The van der Waals surface area contributed by atoms with Crippen molar-refractivity contribution >= 4 is 10.8 Å². The molecule has 5 atom stereocenters. The van der Waals surface area contributed by atoms with Crippen molar-refractivity contribution in [3.8, 4) is 0 Å². The summed E-state index contributed by atoms with van der Waals surface area (Å²) >= 11 is 0. The molecule has 2 aliphatic rings. The number of aliphatic hydroxyl groups is 1. The predicted octanol–water partition coefficient (Wildman–Crippen LogP) is 11.5. The summed E-state index contributed by atoms with van der Waals surface area (Å²) in [5.74, 6) is 4.72. The molecule has 280 valence electrons. The van der Waals surface area contributed by atoms with E-state index >= 15 is 0 Å². The zero-order valence-electron chi connectivity index (χ0n) is 34.4. The van der Waals surface area contributed by atoms with E-state index < -0.39 is 10.8 Å². The van der Waals surface area contributed by atoms with E-state index in [9.17, 15) is 9.32 Å². The van der Waals surface area contributed by atoms with Gasteiger partial charge in [-0.2, -0.15) is 0 Å². The average molecular weight is 673 g/mol. The number of aliphatic hydroxyl groups excluding tert-OH is 1. The van der Waals surface area contributed by atoms with Crippen LogP contribution in [-0.4, -0.2) is 44.5 Å². The number of hydrogen-bond acceptors (Lipinski definition) is 4. The van der Waals surface area contributed by atoms with Gasteiger partial charge in [-0.15, -0.1) is 0 Å². The maximum absolute atomic E-state index is 12.8. The molecular weight excluding hydrogens is 585 g/mol. The highest BCUT2D eigenvalue weighted by molar-refractivity contribution is 7.86. The average Bonchev–Trinajstić information content (AvgIpc) is 3.80. The number of hydrogen-bond donors (Lipinski definition) is 3. The fraction of sp³-hybridized carbons (Fsp3) is 0.951. The van der Waals surface area contributed by atoms with Gasteiger partial charge in [-0.25, -0.2) is 0 Å². The Kier molecular flexibility index (Phi) is 32.1. The molecule has 0 spiro atoms. The van der Waals surface area contributed by atoms with Gasteiger partial charge in [-0.3, -0.25) is 4.21 Å². The van der Waals surface area contributed by atoms with Gasteiger partial charge in [-0.05, 0) is 83.0 Å². The lowest BCUT2D eigenvalue weighted by Crippen LogP contribution is -2.46. The van der Waals surface area contributed by atoms with E-state index in [1.165, 1.54) is 44.9 Å². The quantitative estimate of drug-likeness (QED) is 0.153. The van der Waals surface area contributed by atoms with E-state index in [2.05, 4.69) is 100 Å². The molecule has 3 N–H and O–H groups in total. The third-order valence-electron chi connectivity index (χ3n) is 8.19. The second-order valence-corrected chi connectivity index (χ2v) is 18.5. The lowest BCUT2D eigenvalue weighted by atomic mass is 9.91. The molecule has 2 fully saturated rings. The van der Waals surface area contributed by atoms with Gasteiger partial charge in [0.15, 0.2) is 0 Å². The van der Waals surface area contributed by atoms with Crippen LogP contribution in [0.25, 0.3) is 0 Å². The fourth-order valence-corrected chi connectivity index (χ4v) is 6.37. The second-order valence-electron chi connectivity index (χ2n) is 16.2. The van der Waals surface area contributed by atoms with E-state index in [1.807, 2.05) is 27.7 Å². The summed E-state index contributed by atoms with van der Waals surface area (Å²) in [6, 6.07) is 0.382. The first-order chi connectivity index (χ1) is 21.4. The standard InChI is InChI=1S/C26H52N2O2S.C7H14.C4H10.2C2H6/c1-18(2)10-13-25(29)21(6)27-16-24(15-22-11-12-22)28-20(5)23(14-19(3)4)17-31(30)26(7,8)9;1-7-5-3-2-4-6-7;1-4(2)3;2*1-2/h18-19,21-25,27-29H,5,10-17H2,1-4,6-9H3;7H,2-6H2,1H3;4H,1-3H3;2*1-2H3/t21?,23-,24?,25?,31?;;;;/m1..../s1. The first-order valence-electron chi connectivity index (χ1n) is 19.7. The van der Waals surface area contributed by atoms with Gasteiger partial charge < -0.3 is 15.7 Å². The van der Waals surface area contributed by atoms with Crippen LogP contribution in [0.4, 0.5) is 0 Å². The summed E-state index contributed by atoms with van der Waals surface area (Å²) in [7, 11) is -0.891. The molecule has 0 aromatic carbocycles. The highest BCUT2D eigenvalue weighted by atomic mass is 32.2. The molecule has 4 unspecified atom stereocenters. The topological polar surface area (TPSA) is 61.4 Å². The Labute approximate surface area is 294 Å². The molecular formula is C41H88N2O2S. The number of nitrogens with one attached hydrogen (secondary N) is 2. The van der Waals surface area contributed by atoms with Gasteiger partial charge in [0, 0.05) is 51.5 Å². The summed E-state index contributed by atoms with van der Waals surface area (Å²) in [6.45, 7) is 39.2. The van der Waals surface area contributed by atoms with Crippen LogP contribution in [0.2, 0.25) is 0 Å². The molecule has 2 rings (SSSR count). The summed E-state index contributed by atoms with van der Waals surface area (Å²) < 4.78 is 12.6. The van der Waals surface area contributed by atoms with Crippen LogP contribution in [0.15, 0.2) is 12.3 Å². The number of allylic oxidation sites excluding steroid dienone is 1. The molecule has 0 amide bonds. The third kappa shape index (κ3) is 30.9. The fourth-order valence-electron chi connectivity index (χ4n) is 5.17. The molecule has 0 radical (unpaired) electrons. The Balaban J connectivity index is -0.00000102. The van der Waals surface area contributed by atoms with Crippen LogP contribution in [0.3, 0.4) is 0 Å². The molecule has 0 aromatic rings. The van der Waals surface area contributed by atoms with E-state index in [1.54, 1.807) is 0 Å². The van der Waals surface area contributed by atoms with Gasteiger partial charge in [-0.1, -0.05) is 135 Å². The van der Waals surface area contributed by atoms with Gasteiger partial charge in [0.25, 0.3) is 0 Å². The summed E-state index contributed by atoms with van der Waals surface area (Å²) in [4.78, 5) is 0. The SMILES string of the molecule is C=C(NC(CNC(C)C(O)CCC(C)C)CC1CC1)[C@H](CC(C)C)CS(=O)C(C)(C)C.CC.CC.CC(C)C.CC1CCCCC1. The smallest absolute Gasteiger partial charge is 0.0690 e. The monoisotopic (exact) mass is 673 g/mol. The highest BCUT2D eigenvalue weighted by Crippen LogP contribution is 2.34. The molecule has 5 heteroatoms. The zero-order valence-corrected chi connectivity index (χ0v) is 35.2. The second kappa shape index (κ2) is 29.5. The minimum Gasteiger partial charge on any atom is -0.392 e. The van der Waals surface area contributed by atoms with E-state index in [0.29, 0.717) is 23.6 Å². The molecule has 0 saturated heterocycles. The van der Waals surface area contributed by atoms with Crippen LogP contribution in [0.5, 0.6) is 0 Å². The van der Waals surface area contributed by atoms with Gasteiger partial charge in [0.2, 0.25) is 0 Å². The van der Waals surface area contributed by atoms with Crippen molar-refractivity contribution in [3.05, 3.63) is 12.3 Å². The Hall–Kier alpha value is -0.390. The molecule has 0 heterocycles.